The van der Waals surface area contributed by atoms with Gasteiger partial charge in [0.15, 0.2) is 11.5 Å². The molecule has 0 saturated heterocycles. The predicted molar refractivity (Wildman–Crippen MR) is 80.5 cm³/mol. The summed E-state index contributed by atoms with van der Waals surface area (Å²) in [6.45, 7) is 0. The molecule has 0 aliphatic rings. The lowest BCUT2D eigenvalue weighted by Crippen LogP contribution is -2.42. The fourth-order valence-electron chi connectivity index (χ4n) is 2.02. The van der Waals surface area contributed by atoms with Crippen LogP contribution in [0.1, 0.15) is 15.9 Å². The van der Waals surface area contributed by atoms with Gasteiger partial charge in [-0.25, -0.2) is 4.79 Å². The van der Waals surface area contributed by atoms with E-state index in [9.17, 15) is 30.0 Å². The first-order valence-corrected chi connectivity index (χ1v) is 6.71. The minimum atomic E-state index is -1.24. The molecule has 0 saturated carbocycles. The summed E-state index contributed by atoms with van der Waals surface area (Å²) < 4.78 is 0. The molecule has 0 spiro atoms. The van der Waals surface area contributed by atoms with Crippen LogP contribution in [0.25, 0.3) is 0 Å². The number of para-hydroxylation sites is 1. The normalized spacial score (nSPS) is 11.7. The molecule has 5 N–H and O–H groups in total. The molecule has 0 radical (unpaired) electrons. The average molecular weight is 317 g/mol. The van der Waals surface area contributed by atoms with Gasteiger partial charge in [0.2, 0.25) is 0 Å². The molecule has 0 aliphatic carbocycles. The lowest BCUT2D eigenvalue weighted by molar-refractivity contribution is -0.139. The van der Waals surface area contributed by atoms with Crippen LogP contribution in [0.5, 0.6) is 17.2 Å². The van der Waals surface area contributed by atoms with Crippen LogP contribution in [0.2, 0.25) is 0 Å². The Morgan fingerprint density at radius 1 is 1.00 bits per heavy atom. The van der Waals surface area contributed by atoms with Gasteiger partial charge in [0.05, 0.1) is 5.56 Å². The van der Waals surface area contributed by atoms with E-state index >= 15 is 0 Å². The smallest absolute Gasteiger partial charge is 0.326 e. The van der Waals surface area contributed by atoms with Gasteiger partial charge in [-0.3, -0.25) is 4.79 Å². The second kappa shape index (κ2) is 6.69. The molecule has 2 rings (SSSR count). The van der Waals surface area contributed by atoms with Crippen molar-refractivity contribution in [2.45, 2.75) is 12.5 Å². The number of hydrogen-bond donors (Lipinski definition) is 5. The Hall–Kier alpha value is -3.22. The third-order valence-corrected chi connectivity index (χ3v) is 3.24. The second-order valence-corrected chi connectivity index (χ2v) is 4.91. The molecular weight excluding hydrogens is 302 g/mol. The van der Waals surface area contributed by atoms with E-state index in [0.717, 1.165) is 0 Å². The van der Waals surface area contributed by atoms with Gasteiger partial charge in [-0.05, 0) is 29.8 Å². The van der Waals surface area contributed by atoms with Crippen molar-refractivity contribution in [3.63, 3.8) is 0 Å². The number of phenolic OH excluding ortho intramolecular Hbond substituents is 3. The number of carboxylic acids is 1. The second-order valence-electron chi connectivity index (χ2n) is 4.91. The Morgan fingerprint density at radius 3 is 2.26 bits per heavy atom. The van der Waals surface area contributed by atoms with E-state index in [-0.39, 0.29) is 17.7 Å². The minimum absolute atomic E-state index is 0.000924. The molecule has 2 aromatic carbocycles. The van der Waals surface area contributed by atoms with Gasteiger partial charge in [-0.2, -0.15) is 0 Å². The Morgan fingerprint density at radius 2 is 1.65 bits per heavy atom. The molecule has 0 aromatic heterocycles. The van der Waals surface area contributed by atoms with Crippen LogP contribution in [0.15, 0.2) is 42.5 Å². The van der Waals surface area contributed by atoms with Crippen LogP contribution in [0, 0.1) is 0 Å². The zero-order valence-corrected chi connectivity index (χ0v) is 11.9. The zero-order chi connectivity index (χ0) is 17.0. The maximum absolute atomic E-state index is 12.1. The lowest BCUT2D eigenvalue weighted by Gasteiger charge is -2.15. The van der Waals surface area contributed by atoms with E-state index in [2.05, 4.69) is 5.32 Å². The SMILES string of the molecule is O=C(N[C@@H](Cc1ccc(O)cc1)C(=O)O)c1cccc(O)c1O. The van der Waals surface area contributed by atoms with Crippen molar-refractivity contribution in [3.8, 4) is 17.2 Å². The van der Waals surface area contributed by atoms with Crippen LogP contribution in [0.4, 0.5) is 0 Å². The number of carbonyl (C=O) groups excluding carboxylic acids is 1. The van der Waals surface area contributed by atoms with Gasteiger partial charge in [-0.15, -0.1) is 0 Å². The first-order valence-electron chi connectivity index (χ1n) is 6.71. The van der Waals surface area contributed by atoms with E-state index < -0.39 is 29.4 Å². The van der Waals surface area contributed by atoms with Crippen molar-refractivity contribution < 1.29 is 30.0 Å². The molecule has 7 heteroatoms. The van der Waals surface area contributed by atoms with Crippen molar-refractivity contribution in [1.82, 2.24) is 5.32 Å². The summed E-state index contributed by atoms with van der Waals surface area (Å²) in [6.07, 6.45) is 0.000924. The highest BCUT2D eigenvalue weighted by Gasteiger charge is 2.23. The molecular formula is C16H15NO6. The molecule has 0 fully saturated rings. The number of carbonyl (C=O) groups is 2. The van der Waals surface area contributed by atoms with Crippen molar-refractivity contribution in [2.75, 3.05) is 0 Å². The minimum Gasteiger partial charge on any atom is -0.508 e. The molecule has 23 heavy (non-hydrogen) atoms. The van der Waals surface area contributed by atoms with Crippen LogP contribution in [0.3, 0.4) is 0 Å². The van der Waals surface area contributed by atoms with Crippen molar-refractivity contribution in [2.24, 2.45) is 0 Å². The largest absolute Gasteiger partial charge is 0.508 e. The van der Waals surface area contributed by atoms with Crippen LogP contribution >= 0.6 is 0 Å². The number of hydrogen-bond acceptors (Lipinski definition) is 5. The number of nitrogens with one attached hydrogen (secondary N) is 1. The standard InChI is InChI=1S/C16H15NO6/c18-10-6-4-9(5-7-10)8-12(16(22)23)17-15(21)11-2-1-3-13(19)14(11)20/h1-7,12,18-20H,8H2,(H,17,21)(H,22,23)/t12-/m0/s1. The van der Waals surface area contributed by atoms with E-state index in [1.165, 1.54) is 30.3 Å². The number of phenols is 3. The highest BCUT2D eigenvalue weighted by atomic mass is 16.4. The number of aromatic hydroxyl groups is 3. The molecule has 0 heterocycles. The molecule has 0 unspecified atom stereocenters. The van der Waals surface area contributed by atoms with E-state index in [4.69, 9.17) is 0 Å². The van der Waals surface area contributed by atoms with Crippen LogP contribution < -0.4 is 5.32 Å². The maximum atomic E-state index is 12.1. The summed E-state index contributed by atoms with van der Waals surface area (Å²) >= 11 is 0. The predicted octanol–water partition coefficient (Wildman–Crippen LogP) is 1.23. The van der Waals surface area contributed by atoms with E-state index in [1.807, 2.05) is 0 Å². The van der Waals surface area contributed by atoms with Crippen LogP contribution in [-0.4, -0.2) is 38.3 Å². The Bertz CT molecular complexity index is 726. The Labute approximate surface area is 131 Å². The van der Waals surface area contributed by atoms with Gasteiger partial charge in [0.1, 0.15) is 11.8 Å². The monoisotopic (exact) mass is 317 g/mol. The zero-order valence-electron chi connectivity index (χ0n) is 11.9. The summed E-state index contributed by atoms with van der Waals surface area (Å²) in [7, 11) is 0. The Kier molecular flexibility index (Phi) is 4.70. The molecule has 2 aromatic rings. The molecule has 1 atom stereocenters. The van der Waals surface area contributed by atoms with Gasteiger partial charge in [-0.1, -0.05) is 18.2 Å². The third kappa shape index (κ3) is 3.91. The highest BCUT2D eigenvalue weighted by Crippen LogP contribution is 2.28. The number of aliphatic carboxylic acids is 1. The first-order chi connectivity index (χ1) is 10.9. The molecule has 120 valence electrons. The van der Waals surface area contributed by atoms with Crippen molar-refractivity contribution in [3.05, 3.63) is 53.6 Å². The summed E-state index contributed by atoms with van der Waals surface area (Å²) in [4.78, 5) is 23.4. The van der Waals surface area contributed by atoms with E-state index in [1.54, 1.807) is 12.1 Å². The summed E-state index contributed by atoms with van der Waals surface area (Å²) in [6, 6.07) is 8.52. The highest BCUT2D eigenvalue weighted by molar-refractivity contribution is 5.99. The average Bonchev–Trinajstić information content (AvgIpc) is 2.51. The maximum Gasteiger partial charge on any atom is 0.326 e. The lowest BCUT2D eigenvalue weighted by atomic mass is 10.0. The van der Waals surface area contributed by atoms with Crippen LogP contribution in [-0.2, 0) is 11.2 Å². The van der Waals surface area contributed by atoms with E-state index in [0.29, 0.717) is 5.56 Å². The number of benzene rings is 2. The van der Waals surface area contributed by atoms with Gasteiger partial charge in [0.25, 0.3) is 5.91 Å². The summed E-state index contributed by atoms with van der Waals surface area (Å²) in [5.74, 6) is -3.09. The van der Waals surface area contributed by atoms with Gasteiger partial charge in [0, 0.05) is 6.42 Å². The van der Waals surface area contributed by atoms with Gasteiger partial charge >= 0.3 is 5.97 Å². The molecule has 0 bridgehead atoms. The summed E-state index contributed by atoms with van der Waals surface area (Å²) in [5.41, 5.74) is 0.387. The topological polar surface area (TPSA) is 127 Å². The molecule has 7 nitrogen and oxygen atoms in total. The Balaban J connectivity index is 2.16. The molecule has 0 aliphatic heterocycles. The number of carboxylic acid groups (broad SMARTS) is 1. The first kappa shape index (κ1) is 16.2. The van der Waals surface area contributed by atoms with Crippen molar-refractivity contribution in [1.29, 1.82) is 0 Å². The quantitative estimate of drug-likeness (QED) is 0.528. The number of rotatable bonds is 5. The summed E-state index contributed by atoms with van der Waals surface area (Å²) in [5, 5.41) is 39.8. The van der Waals surface area contributed by atoms with Crippen molar-refractivity contribution >= 4 is 11.9 Å². The fourth-order valence-corrected chi connectivity index (χ4v) is 2.02. The fraction of sp³-hybridized carbons (Fsp3) is 0.125. The number of amides is 1. The third-order valence-electron chi connectivity index (χ3n) is 3.24. The van der Waals surface area contributed by atoms with Gasteiger partial charge < -0.3 is 25.7 Å². The molecule has 1 amide bonds.